The maximum absolute atomic E-state index is 12.1. The molecule has 32 heavy (non-hydrogen) atoms. The van der Waals surface area contributed by atoms with Gasteiger partial charge in [-0.2, -0.15) is 0 Å². The van der Waals surface area contributed by atoms with E-state index in [2.05, 4.69) is 24.3 Å². The van der Waals surface area contributed by atoms with E-state index in [-0.39, 0.29) is 11.9 Å². The summed E-state index contributed by atoms with van der Waals surface area (Å²) in [7, 11) is 5.87. The SMILES string of the molecule is COC(=O)/C(=C/CCc1ccccc1)CSSC/C(=C\CCc1ccccc1)C(=O)OC. The summed E-state index contributed by atoms with van der Waals surface area (Å²) in [5.41, 5.74) is 3.76. The summed E-state index contributed by atoms with van der Waals surface area (Å²) < 4.78 is 9.86. The highest BCUT2D eigenvalue weighted by Gasteiger charge is 2.13. The van der Waals surface area contributed by atoms with E-state index in [9.17, 15) is 9.59 Å². The van der Waals surface area contributed by atoms with Crippen LogP contribution in [-0.4, -0.2) is 37.7 Å². The Morgan fingerprint density at radius 1 is 0.688 bits per heavy atom. The first-order valence-corrected chi connectivity index (χ1v) is 13.0. The summed E-state index contributed by atoms with van der Waals surface area (Å²) >= 11 is 0. The minimum Gasteiger partial charge on any atom is -0.466 e. The maximum Gasteiger partial charge on any atom is 0.334 e. The first-order valence-electron chi connectivity index (χ1n) is 10.5. The molecule has 0 aliphatic rings. The van der Waals surface area contributed by atoms with Gasteiger partial charge in [-0.05, 0) is 36.8 Å². The summed E-state index contributed by atoms with van der Waals surface area (Å²) in [5, 5.41) is 0. The first-order chi connectivity index (χ1) is 15.6. The number of allylic oxidation sites excluding steroid dienone is 2. The zero-order valence-corrected chi connectivity index (χ0v) is 20.3. The van der Waals surface area contributed by atoms with E-state index in [1.807, 2.05) is 48.6 Å². The fourth-order valence-electron chi connectivity index (χ4n) is 2.99. The second-order valence-corrected chi connectivity index (χ2v) is 9.48. The van der Waals surface area contributed by atoms with Gasteiger partial charge < -0.3 is 9.47 Å². The maximum atomic E-state index is 12.1. The predicted octanol–water partition coefficient (Wildman–Crippen LogP) is 5.83. The third kappa shape index (κ3) is 9.79. The first kappa shape index (κ1) is 25.8. The van der Waals surface area contributed by atoms with Crippen LogP contribution in [0.1, 0.15) is 24.0 Å². The highest BCUT2D eigenvalue weighted by atomic mass is 33.1. The van der Waals surface area contributed by atoms with Gasteiger partial charge in [0, 0.05) is 22.7 Å². The van der Waals surface area contributed by atoms with E-state index in [0.717, 1.165) is 25.7 Å². The fourth-order valence-corrected chi connectivity index (χ4v) is 5.14. The van der Waals surface area contributed by atoms with Gasteiger partial charge >= 0.3 is 11.9 Å². The summed E-state index contributed by atoms with van der Waals surface area (Å²) in [6, 6.07) is 20.3. The number of carbonyl (C=O) groups excluding carboxylic acids is 2. The highest BCUT2D eigenvalue weighted by molar-refractivity contribution is 8.76. The molecule has 0 aromatic heterocycles. The second kappa shape index (κ2) is 15.4. The van der Waals surface area contributed by atoms with Gasteiger partial charge in [-0.25, -0.2) is 9.59 Å². The Morgan fingerprint density at radius 3 is 1.41 bits per heavy atom. The van der Waals surface area contributed by atoms with Crippen molar-refractivity contribution in [3.63, 3.8) is 0 Å². The van der Waals surface area contributed by atoms with Gasteiger partial charge in [-0.3, -0.25) is 0 Å². The molecule has 0 saturated carbocycles. The Bertz CT molecular complexity index is 817. The number of aryl methyl sites for hydroxylation is 2. The number of hydrogen-bond donors (Lipinski definition) is 0. The lowest BCUT2D eigenvalue weighted by atomic mass is 10.1. The van der Waals surface area contributed by atoms with E-state index >= 15 is 0 Å². The largest absolute Gasteiger partial charge is 0.466 e. The van der Waals surface area contributed by atoms with Gasteiger partial charge in [0.25, 0.3) is 0 Å². The number of carbonyl (C=O) groups is 2. The van der Waals surface area contributed by atoms with E-state index in [0.29, 0.717) is 22.7 Å². The lowest BCUT2D eigenvalue weighted by Gasteiger charge is -2.08. The van der Waals surface area contributed by atoms with Gasteiger partial charge in [0.05, 0.1) is 14.2 Å². The number of esters is 2. The molecule has 2 aromatic rings. The van der Waals surface area contributed by atoms with Crippen molar-refractivity contribution < 1.29 is 19.1 Å². The Hall–Kier alpha value is -2.44. The Morgan fingerprint density at radius 2 is 1.06 bits per heavy atom. The summed E-state index contributed by atoms with van der Waals surface area (Å²) in [6.07, 6.45) is 7.18. The van der Waals surface area contributed by atoms with E-state index < -0.39 is 0 Å². The van der Waals surface area contributed by atoms with Crippen LogP contribution in [0.15, 0.2) is 84.0 Å². The van der Waals surface area contributed by atoms with Crippen LogP contribution in [0.25, 0.3) is 0 Å². The van der Waals surface area contributed by atoms with Gasteiger partial charge in [0.15, 0.2) is 0 Å². The van der Waals surface area contributed by atoms with E-state index in [1.165, 1.54) is 46.9 Å². The van der Waals surface area contributed by atoms with Crippen molar-refractivity contribution in [1.29, 1.82) is 0 Å². The minimum atomic E-state index is -0.308. The molecule has 0 amide bonds. The monoisotopic (exact) mass is 470 g/mol. The number of rotatable bonds is 13. The molecule has 0 unspecified atom stereocenters. The predicted molar refractivity (Wildman–Crippen MR) is 135 cm³/mol. The van der Waals surface area contributed by atoms with Crippen LogP contribution in [0.2, 0.25) is 0 Å². The standard InChI is InChI=1S/C26H30O4S2/c1-29-25(27)23(17-9-15-21-11-5-3-6-12-21)19-31-32-20-24(26(28)30-2)18-10-16-22-13-7-4-8-14-22/h3-8,11-14,17-18H,9-10,15-16,19-20H2,1-2H3/b23-17+,24-18+. The van der Waals surface area contributed by atoms with Crippen molar-refractivity contribution >= 4 is 33.5 Å². The van der Waals surface area contributed by atoms with E-state index in [1.54, 1.807) is 0 Å². The fraction of sp³-hybridized carbons (Fsp3) is 0.308. The van der Waals surface area contributed by atoms with Crippen molar-refractivity contribution in [2.75, 3.05) is 25.7 Å². The van der Waals surface area contributed by atoms with Gasteiger partial charge in [0.2, 0.25) is 0 Å². The molecule has 0 saturated heterocycles. The molecular formula is C26H30O4S2. The Labute approximate surface area is 198 Å². The molecule has 2 rings (SSSR count). The molecule has 0 spiro atoms. The van der Waals surface area contributed by atoms with Crippen molar-refractivity contribution in [3.8, 4) is 0 Å². The molecule has 4 nitrogen and oxygen atoms in total. The normalized spacial score (nSPS) is 11.8. The van der Waals surface area contributed by atoms with Gasteiger partial charge in [-0.1, -0.05) is 94.4 Å². The van der Waals surface area contributed by atoms with Crippen LogP contribution in [0, 0.1) is 0 Å². The third-order valence-electron chi connectivity index (χ3n) is 4.74. The summed E-state index contributed by atoms with van der Waals surface area (Å²) in [4.78, 5) is 24.2. The van der Waals surface area contributed by atoms with Gasteiger partial charge in [0.1, 0.15) is 0 Å². The smallest absolute Gasteiger partial charge is 0.334 e. The minimum absolute atomic E-state index is 0.308. The summed E-state index contributed by atoms with van der Waals surface area (Å²) in [6.45, 7) is 0. The van der Waals surface area contributed by atoms with Crippen LogP contribution >= 0.6 is 21.6 Å². The number of benzene rings is 2. The average Bonchev–Trinajstić information content (AvgIpc) is 2.84. The lowest BCUT2D eigenvalue weighted by Crippen LogP contribution is -2.08. The summed E-state index contributed by atoms with van der Waals surface area (Å²) in [5.74, 6) is 0.422. The van der Waals surface area contributed by atoms with Crippen LogP contribution in [0.4, 0.5) is 0 Å². The Balaban J connectivity index is 1.84. The quantitative estimate of drug-likeness (QED) is 0.159. The zero-order chi connectivity index (χ0) is 23.0. The molecule has 2 aromatic carbocycles. The lowest BCUT2D eigenvalue weighted by molar-refractivity contribution is -0.136. The molecule has 170 valence electrons. The molecule has 0 aliphatic heterocycles. The van der Waals surface area contributed by atoms with Gasteiger partial charge in [-0.15, -0.1) is 0 Å². The number of methoxy groups -OCH3 is 2. The van der Waals surface area contributed by atoms with Crippen LogP contribution in [0.5, 0.6) is 0 Å². The van der Waals surface area contributed by atoms with Crippen molar-refractivity contribution in [3.05, 3.63) is 95.1 Å². The molecule has 0 bridgehead atoms. The number of hydrogen-bond acceptors (Lipinski definition) is 6. The van der Waals surface area contributed by atoms with Crippen molar-refractivity contribution in [1.82, 2.24) is 0 Å². The molecule has 0 aliphatic carbocycles. The molecular weight excluding hydrogens is 440 g/mol. The number of ether oxygens (including phenoxy) is 2. The third-order valence-corrected chi connectivity index (χ3v) is 6.97. The molecule has 6 heteroatoms. The van der Waals surface area contributed by atoms with Crippen LogP contribution in [0.3, 0.4) is 0 Å². The van der Waals surface area contributed by atoms with Crippen LogP contribution in [-0.2, 0) is 31.9 Å². The zero-order valence-electron chi connectivity index (χ0n) is 18.6. The molecule has 0 fully saturated rings. The molecule has 0 N–H and O–H groups in total. The Kier molecular flexibility index (Phi) is 12.4. The second-order valence-electron chi connectivity index (χ2n) is 7.01. The molecule has 0 radical (unpaired) electrons. The van der Waals surface area contributed by atoms with E-state index in [4.69, 9.17) is 9.47 Å². The molecule has 0 atom stereocenters. The van der Waals surface area contributed by atoms with Crippen molar-refractivity contribution in [2.24, 2.45) is 0 Å². The topological polar surface area (TPSA) is 52.6 Å². The molecule has 0 heterocycles. The highest BCUT2D eigenvalue weighted by Crippen LogP contribution is 2.27. The van der Waals surface area contributed by atoms with Crippen molar-refractivity contribution in [2.45, 2.75) is 25.7 Å². The van der Waals surface area contributed by atoms with Crippen LogP contribution < -0.4 is 0 Å². The average molecular weight is 471 g/mol.